The molecule has 25 heavy (non-hydrogen) atoms. The van der Waals surface area contributed by atoms with Crippen LogP contribution in [-0.2, 0) is 9.59 Å². The third-order valence-electron chi connectivity index (χ3n) is 3.52. The van der Waals surface area contributed by atoms with Crippen molar-refractivity contribution in [3.8, 4) is 5.75 Å². The number of rotatable bonds is 5. The van der Waals surface area contributed by atoms with Crippen LogP contribution < -0.4 is 15.0 Å². The fraction of sp³-hybridized carbons (Fsp3) is 0.222. The minimum absolute atomic E-state index is 0.407. The van der Waals surface area contributed by atoms with E-state index in [0.29, 0.717) is 11.4 Å². The number of halogens is 2. The smallest absolute Gasteiger partial charge is 0.244 e. The number of carbonyl (C=O) groups is 2. The molecule has 0 atom stereocenters. The number of carbonyl (C=O) groups excluding carboxylic acids is 2. The maximum Gasteiger partial charge on any atom is 0.244 e. The van der Waals surface area contributed by atoms with Crippen molar-refractivity contribution in [1.29, 1.82) is 0 Å². The van der Waals surface area contributed by atoms with E-state index in [0.717, 1.165) is 29.5 Å². The molecule has 0 aliphatic heterocycles. The first-order valence-electron chi connectivity index (χ1n) is 7.50. The number of nitrogens with one attached hydrogen (secondary N) is 1. The number of ether oxygens (including phenoxy) is 1. The van der Waals surface area contributed by atoms with E-state index in [1.165, 1.54) is 13.2 Å². The molecule has 0 spiro atoms. The van der Waals surface area contributed by atoms with Gasteiger partial charge in [-0.15, -0.1) is 0 Å². The first-order chi connectivity index (χ1) is 11.8. The summed E-state index contributed by atoms with van der Waals surface area (Å²) in [6.07, 6.45) is 0. The summed E-state index contributed by atoms with van der Waals surface area (Å²) in [5.41, 5.74) is 0.742. The highest BCUT2D eigenvalue weighted by Gasteiger charge is 2.23. The van der Waals surface area contributed by atoms with Gasteiger partial charge in [-0.25, -0.2) is 8.78 Å². The molecule has 0 radical (unpaired) electrons. The van der Waals surface area contributed by atoms with Gasteiger partial charge in [0.05, 0.1) is 12.8 Å². The van der Waals surface area contributed by atoms with E-state index in [9.17, 15) is 18.4 Å². The number of anilines is 2. The van der Waals surface area contributed by atoms with Crippen LogP contribution in [-0.4, -0.2) is 25.5 Å². The van der Waals surface area contributed by atoms with Crippen molar-refractivity contribution in [2.24, 2.45) is 0 Å². The molecule has 2 rings (SSSR count). The molecule has 0 aliphatic carbocycles. The van der Waals surface area contributed by atoms with E-state index in [-0.39, 0.29) is 0 Å². The van der Waals surface area contributed by atoms with Gasteiger partial charge >= 0.3 is 0 Å². The molecule has 0 heterocycles. The summed E-state index contributed by atoms with van der Waals surface area (Å²) in [5.74, 6) is -2.67. The Morgan fingerprint density at radius 1 is 1.16 bits per heavy atom. The van der Waals surface area contributed by atoms with Crippen molar-refractivity contribution in [3.05, 3.63) is 53.6 Å². The third kappa shape index (κ3) is 4.32. The molecular formula is C18H18F2N2O3. The van der Waals surface area contributed by atoms with Gasteiger partial charge in [0.1, 0.15) is 29.6 Å². The van der Waals surface area contributed by atoms with Crippen molar-refractivity contribution in [2.45, 2.75) is 13.8 Å². The fourth-order valence-corrected chi connectivity index (χ4v) is 2.35. The Morgan fingerprint density at radius 2 is 1.80 bits per heavy atom. The summed E-state index contributed by atoms with van der Waals surface area (Å²) in [7, 11) is 1.46. The topological polar surface area (TPSA) is 58.6 Å². The number of methoxy groups -OCH3 is 1. The van der Waals surface area contributed by atoms with E-state index in [4.69, 9.17) is 4.74 Å². The molecule has 0 fully saturated rings. The molecule has 0 bridgehead atoms. The third-order valence-corrected chi connectivity index (χ3v) is 3.52. The summed E-state index contributed by atoms with van der Waals surface area (Å²) >= 11 is 0. The molecule has 0 saturated heterocycles. The van der Waals surface area contributed by atoms with Crippen molar-refractivity contribution in [1.82, 2.24) is 0 Å². The zero-order chi connectivity index (χ0) is 18.6. The minimum Gasteiger partial charge on any atom is -0.495 e. The zero-order valence-electron chi connectivity index (χ0n) is 14.1. The zero-order valence-corrected chi connectivity index (χ0v) is 14.1. The molecule has 1 N–H and O–H groups in total. The molecule has 0 aliphatic rings. The lowest BCUT2D eigenvalue weighted by Gasteiger charge is -2.22. The van der Waals surface area contributed by atoms with Crippen LogP contribution in [0.4, 0.5) is 20.2 Å². The van der Waals surface area contributed by atoms with Crippen LogP contribution in [0.25, 0.3) is 0 Å². The van der Waals surface area contributed by atoms with Crippen LogP contribution in [0.1, 0.15) is 12.5 Å². The standard InChI is InChI=1S/C18H18F2N2O3/c1-11-7-8-16(25-3)15(9-11)21-17(24)10-22(12(2)23)18-13(19)5-4-6-14(18)20/h4-9H,10H2,1-3H3,(H,21,24). The van der Waals surface area contributed by atoms with Gasteiger partial charge in [0.2, 0.25) is 11.8 Å². The molecule has 0 unspecified atom stereocenters. The largest absolute Gasteiger partial charge is 0.495 e. The van der Waals surface area contributed by atoms with Crippen LogP contribution in [0.3, 0.4) is 0 Å². The molecule has 0 aromatic heterocycles. The number of para-hydroxylation sites is 1. The molecule has 0 saturated carbocycles. The SMILES string of the molecule is COc1ccc(C)cc1NC(=O)CN(C(C)=O)c1c(F)cccc1F. The number of aryl methyl sites for hydroxylation is 1. The average molecular weight is 348 g/mol. The molecule has 2 amide bonds. The van der Waals surface area contributed by atoms with E-state index in [2.05, 4.69) is 5.32 Å². The molecular weight excluding hydrogens is 330 g/mol. The monoisotopic (exact) mass is 348 g/mol. The van der Waals surface area contributed by atoms with Crippen LogP contribution in [0.15, 0.2) is 36.4 Å². The maximum absolute atomic E-state index is 13.9. The highest BCUT2D eigenvalue weighted by atomic mass is 19.1. The summed E-state index contributed by atoms with van der Waals surface area (Å²) in [5, 5.41) is 2.59. The Morgan fingerprint density at radius 3 is 2.36 bits per heavy atom. The number of amides is 2. The lowest BCUT2D eigenvalue weighted by molar-refractivity contribution is -0.120. The second-order valence-electron chi connectivity index (χ2n) is 5.43. The summed E-state index contributed by atoms with van der Waals surface area (Å²) in [6.45, 7) is 2.43. The second kappa shape index (κ2) is 7.74. The van der Waals surface area contributed by atoms with Gasteiger partial charge in [-0.2, -0.15) is 0 Å². The molecule has 5 nitrogen and oxygen atoms in total. The van der Waals surface area contributed by atoms with Crippen LogP contribution in [0.5, 0.6) is 5.75 Å². The Bertz CT molecular complexity index is 789. The van der Waals surface area contributed by atoms with Crippen molar-refractivity contribution < 1.29 is 23.1 Å². The lowest BCUT2D eigenvalue weighted by Crippen LogP contribution is -2.37. The van der Waals surface area contributed by atoms with E-state index in [1.807, 2.05) is 13.0 Å². The number of nitrogens with zero attached hydrogens (tertiary/aromatic N) is 1. The summed E-state index contributed by atoms with van der Waals surface area (Å²) < 4.78 is 33.0. The van der Waals surface area contributed by atoms with E-state index >= 15 is 0 Å². The Labute approximate surface area is 144 Å². The first kappa shape index (κ1) is 18.4. The normalized spacial score (nSPS) is 10.3. The predicted octanol–water partition coefficient (Wildman–Crippen LogP) is 3.27. The van der Waals surface area contributed by atoms with E-state index in [1.54, 1.807) is 12.1 Å². The van der Waals surface area contributed by atoms with Gasteiger partial charge in [-0.3, -0.25) is 14.5 Å². The number of hydrogen-bond donors (Lipinski definition) is 1. The van der Waals surface area contributed by atoms with Gasteiger partial charge < -0.3 is 10.1 Å². The number of hydrogen-bond acceptors (Lipinski definition) is 3. The maximum atomic E-state index is 13.9. The lowest BCUT2D eigenvalue weighted by atomic mass is 10.2. The van der Waals surface area contributed by atoms with Crippen molar-refractivity contribution >= 4 is 23.2 Å². The Kier molecular flexibility index (Phi) is 5.69. The molecule has 7 heteroatoms. The highest BCUT2D eigenvalue weighted by molar-refractivity contribution is 6.02. The summed E-state index contributed by atoms with van der Waals surface area (Å²) in [4.78, 5) is 24.9. The highest BCUT2D eigenvalue weighted by Crippen LogP contribution is 2.26. The van der Waals surface area contributed by atoms with Gasteiger partial charge in [0, 0.05) is 6.92 Å². The molecule has 132 valence electrons. The Hall–Kier alpha value is -2.96. The van der Waals surface area contributed by atoms with Crippen LogP contribution in [0.2, 0.25) is 0 Å². The minimum atomic E-state index is -0.920. The van der Waals surface area contributed by atoms with Gasteiger partial charge in [0.15, 0.2) is 0 Å². The molecule has 2 aromatic rings. The van der Waals surface area contributed by atoms with E-state index < -0.39 is 35.7 Å². The predicted molar refractivity (Wildman–Crippen MR) is 90.7 cm³/mol. The average Bonchev–Trinajstić information content (AvgIpc) is 2.53. The van der Waals surface area contributed by atoms with Crippen LogP contribution in [0, 0.1) is 18.6 Å². The van der Waals surface area contributed by atoms with Gasteiger partial charge in [0.25, 0.3) is 0 Å². The molecule has 2 aromatic carbocycles. The quantitative estimate of drug-likeness (QED) is 0.902. The van der Waals surface area contributed by atoms with Crippen molar-refractivity contribution in [2.75, 3.05) is 23.9 Å². The number of benzene rings is 2. The first-order valence-corrected chi connectivity index (χ1v) is 7.50. The van der Waals surface area contributed by atoms with Gasteiger partial charge in [-0.1, -0.05) is 12.1 Å². The Balaban J connectivity index is 2.25. The van der Waals surface area contributed by atoms with Gasteiger partial charge in [-0.05, 0) is 36.8 Å². The summed E-state index contributed by atoms with van der Waals surface area (Å²) in [6, 6.07) is 8.42. The van der Waals surface area contributed by atoms with Crippen molar-refractivity contribution in [3.63, 3.8) is 0 Å². The second-order valence-corrected chi connectivity index (χ2v) is 5.43. The van der Waals surface area contributed by atoms with Crippen LogP contribution >= 0.6 is 0 Å². The fourth-order valence-electron chi connectivity index (χ4n) is 2.35.